The summed E-state index contributed by atoms with van der Waals surface area (Å²) in [5.41, 5.74) is 4.72. The highest BCUT2D eigenvalue weighted by Crippen LogP contribution is 2.15. The van der Waals surface area contributed by atoms with Crippen molar-refractivity contribution < 1.29 is 13.9 Å². The number of esters is 1. The second kappa shape index (κ2) is 6.12. The molecule has 0 amide bonds. The van der Waals surface area contributed by atoms with Gasteiger partial charge in [0.15, 0.2) is 0 Å². The molecule has 0 spiro atoms. The number of furan rings is 1. The molecule has 0 radical (unpaired) electrons. The van der Waals surface area contributed by atoms with Gasteiger partial charge < -0.3 is 9.15 Å². The fourth-order valence-corrected chi connectivity index (χ4v) is 2.42. The van der Waals surface area contributed by atoms with Crippen LogP contribution in [0.4, 0.5) is 0 Å². The first-order valence-corrected chi connectivity index (χ1v) is 7.38. The Morgan fingerprint density at radius 1 is 1.17 bits per heavy atom. The minimum Gasteiger partial charge on any atom is -0.457 e. The number of rotatable bonds is 4. The van der Waals surface area contributed by atoms with Crippen molar-refractivity contribution in [3.63, 3.8) is 0 Å². The standard InChI is InChI=1S/C18H18N2O3/c1-12-8-9-22-17(12)18(21)23-11-15-4-6-16(7-5-15)20-14(3)10-13(2)19-20/h4-10H,11H2,1-3H3. The second-order valence-corrected chi connectivity index (χ2v) is 5.51. The number of ether oxygens (including phenoxy) is 1. The highest BCUT2D eigenvalue weighted by Gasteiger charge is 2.14. The van der Waals surface area contributed by atoms with E-state index in [0.29, 0.717) is 0 Å². The summed E-state index contributed by atoms with van der Waals surface area (Å²) in [7, 11) is 0. The molecule has 1 aromatic carbocycles. The fraction of sp³-hybridized carbons (Fsp3) is 0.222. The molecule has 0 saturated heterocycles. The van der Waals surface area contributed by atoms with Crippen molar-refractivity contribution in [2.45, 2.75) is 27.4 Å². The van der Waals surface area contributed by atoms with Crippen LogP contribution in [-0.2, 0) is 11.3 Å². The quantitative estimate of drug-likeness (QED) is 0.689. The Bertz CT molecular complexity index is 828. The first kappa shape index (κ1) is 15.1. The lowest BCUT2D eigenvalue weighted by Gasteiger charge is -2.07. The normalized spacial score (nSPS) is 10.7. The van der Waals surface area contributed by atoms with Crippen LogP contribution < -0.4 is 0 Å². The van der Waals surface area contributed by atoms with Gasteiger partial charge in [-0.15, -0.1) is 0 Å². The van der Waals surface area contributed by atoms with Crippen LogP contribution in [0.1, 0.15) is 33.1 Å². The molecule has 0 atom stereocenters. The van der Waals surface area contributed by atoms with Crippen LogP contribution in [0.3, 0.4) is 0 Å². The summed E-state index contributed by atoms with van der Waals surface area (Å²) in [6.45, 7) is 6.00. The molecular weight excluding hydrogens is 292 g/mol. The molecule has 0 aliphatic rings. The van der Waals surface area contributed by atoms with E-state index >= 15 is 0 Å². The van der Waals surface area contributed by atoms with Gasteiger partial charge in [-0.2, -0.15) is 5.10 Å². The number of carbonyl (C=O) groups excluding carboxylic acids is 1. The van der Waals surface area contributed by atoms with Gasteiger partial charge >= 0.3 is 5.97 Å². The zero-order valence-corrected chi connectivity index (χ0v) is 13.4. The van der Waals surface area contributed by atoms with Gasteiger partial charge in [0.05, 0.1) is 17.6 Å². The van der Waals surface area contributed by atoms with Gasteiger partial charge in [-0.05, 0) is 50.6 Å². The van der Waals surface area contributed by atoms with Crippen LogP contribution in [0.2, 0.25) is 0 Å². The average Bonchev–Trinajstić information content (AvgIpc) is 3.10. The highest BCUT2D eigenvalue weighted by atomic mass is 16.5. The number of nitrogens with zero attached hydrogens (tertiary/aromatic N) is 2. The molecule has 3 aromatic rings. The van der Waals surface area contributed by atoms with E-state index in [2.05, 4.69) is 5.10 Å². The van der Waals surface area contributed by atoms with Gasteiger partial charge in [-0.1, -0.05) is 12.1 Å². The van der Waals surface area contributed by atoms with Gasteiger partial charge in [0.25, 0.3) is 0 Å². The Labute approximate surface area is 134 Å². The summed E-state index contributed by atoms with van der Waals surface area (Å²) in [6, 6.07) is 11.5. The molecule has 0 bridgehead atoms. The summed E-state index contributed by atoms with van der Waals surface area (Å²) in [5.74, 6) is -0.195. The lowest BCUT2D eigenvalue weighted by Crippen LogP contribution is -2.05. The fourth-order valence-electron chi connectivity index (χ4n) is 2.42. The van der Waals surface area contributed by atoms with Crippen molar-refractivity contribution in [3.05, 3.63) is 70.9 Å². The number of hydrogen-bond acceptors (Lipinski definition) is 4. The Kier molecular flexibility index (Phi) is 4.02. The molecule has 5 nitrogen and oxygen atoms in total. The van der Waals surface area contributed by atoms with Crippen molar-refractivity contribution in [1.29, 1.82) is 0 Å². The molecular formula is C18H18N2O3. The van der Waals surface area contributed by atoms with E-state index in [4.69, 9.17) is 9.15 Å². The van der Waals surface area contributed by atoms with Crippen molar-refractivity contribution in [1.82, 2.24) is 9.78 Å². The van der Waals surface area contributed by atoms with Crippen molar-refractivity contribution >= 4 is 5.97 Å². The van der Waals surface area contributed by atoms with Crippen molar-refractivity contribution in [3.8, 4) is 5.69 Å². The molecule has 0 aliphatic carbocycles. The van der Waals surface area contributed by atoms with E-state index in [1.54, 1.807) is 6.07 Å². The molecule has 3 rings (SSSR count). The van der Waals surface area contributed by atoms with E-state index in [1.165, 1.54) is 6.26 Å². The zero-order valence-electron chi connectivity index (χ0n) is 13.4. The largest absolute Gasteiger partial charge is 0.457 e. The van der Waals surface area contributed by atoms with Gasteiger partial charge in [0.1, 0.15) is 6.61 Å². The Morgan fingerprint density at radius 3 is 2.48 bits per heavy atom. The monoisotopic (exact) mass is 310 g/mol. The van der Waals surface area contributed by atoms with Gasteiger partial charge in [-0.3, -0.25) is 0 Å². The lowest BCUT2D eigenvalue weighted by atomic mass is 10.2. The molecule has 2 aromatic heterocycles. The third-order valence-electron chi connectivity index (χ3n) is 3.61. The summed E-state index contributed by atoms with van der Waals surface area (Å²) in [5, 5.41) is 4.45. The SMILES string of the molecule is Cc1cc(C)n(-c2ccc(COC(=O)c3occc3C)cc2)n1. The van der Waals surface area contributed by atoms with Crippen molar-refractivity contribution in [2.75, 3.05) is 0 Å². The molecule has 0 saturated carbocycles. The van der Waals surface area contributed by atoms with Crippen molar-refractivity contribution in [2.24, 2.45) is 0 Å². The maximum atomic E-state index is 11.9. The zero-order chi connectivity index (χ0) is 16.4. The van der Waals surface area contributed by atoms with Crippen LogP contribution in [0.5, 0.6) is 0 Å². The maximum Gasteiger partial charge on any atom is 0.374 e. The summed E-state index contributed by atoms with van der Waals surface area (Å²) < 4.78 is 12.3. The first-order valence-electron chi connectivity index (χ1n) is 7.38. The molecule has 0 aliphatic heterocycles. The number of aryl methyl sites for hydroxylation is 3. The summed E-state index contributed by atoms with van der Waals surface area (Å²) in [6.07, 6.45) is 1.48. The van der Waals surface area contributed by atoms with E-state index in [9.17, 15) is 4.79 Å². The third kappa shape index (κ3) is 3.18. The van der Waals surface area contributed by atoms with Crippen LogP contribution in [-0.4, -0.2) is 15.7 Å². The van der Waals surface area contributed by atoms with Crippen LogP contribution in [0.15, 0.2) is 47.1 Å². The first-order chi connectivity index (χ1) is 11.0. The highest BCUT2D eigenvalue weighted by molar-refractivity contribution is 5.87. The number of benzene rings is 1. The Morgan fingerprint density at radius 2 is 1.91 bits per heavy atom. The van der Waals surface area contributed by atoms with Crippen LogP contribution in [0, 0.1) is 20.8 Å². The topological polar surface area (TPSA) is 57.3 Å². The summed E-state index contributed by atoms with van der Waals surface area (Å²) in [4.78, 5) is 11.9. The lowest BCUT2D eigenvalue weighted by molar-refractivity contribution is 0.0435. The van der Waals surface area contributed by atoms with Gasteiger partial charge in [0.2, 0.25) is 5.76 Å². The van der Waals surface area contributed by atoms with E-state index < -0.39 is 5.97 Å². The molecule has 118 valence electrons. The smallest absolute Gasteiger partial charge is 0.374 e. The number of hydrogen-bond donors (Lipinski definition) is 0. The van der Waals surface area contributed by atoms with E-state index in [0.717, 1.165) is 28.2 Å². The third-order valence-corrected chi connectivity index (χ3v) is 3.61. The van der Waals surface area contributed by atoms with Gasteiger partial charge in [-0.25, -0.2) is 9.48 Å². The average molecular weight is 310 g/mol. The molecule has 0 fully saturated rings. The van der Waals surface area contributed by atoms with Gasteiger partial charge in [0, 0.05) is 11.3 Å². The van der Waals surface area contributed by atoms with Crippen LogP contribution in [0.25, 0.3) is 5.69 Å². The predicted molar refractivity (Wildman–Crippen MR) is 85.6 cm³/mol. The predicted octanol–water partition coefficient (Wildman–Crippen LogP) is 3.75. The molecule has 5 heteroatoms. The van der Waals surface area contributed by atoms with E-state index in [1.807, 2.05) is 55.8 Å². The minimum atomic E-state index is -0.449. The molecule has 23 heavy (non-hydrogen) atoms. The second-order valence-electron chi connectivity index (χ2n) is 5.51. The van der Waals surface area contributed by atoms with Crippen LogP contribution >= 0.6 is 0 Å². The maximum absolute atomic E-state index is 11.9. The Balaban J connectivity index is 1.67. The van der Waals surface area contributed by atoms with E-state index in [-0.39, 0.29) is 12.4 Å². The minimum absolute atomic E-state index is 0.205. The number of carbonyl (C=O) groups is 1. The molecule has 0 unspecified atom stereocenters. The number of aromatic nitrogens is 2. The Hall–Kier alpha value is -2.82. The summed E-state index contributed by atoms with van der Waals surface area (Å²) >= 11 is 0. The molecule has 0 N–H and O–H groups in total. The molecule has 2 heterocycles.